The molecule has 0 bridgehead atoms. The van der Waals surface area contributed by atoms with Gasteiger partial charge in [0, 0.05) is 50.4 Å². The number of fused-ring (bicyclic) bond motifs is 2. The molecule has 0 saturated carbocycles. The number of methoxy groups -OCH3 is 1. The van der Waals surface area contributed by atoms with Gasteiger partial charge in [-0.15, -0.1) is 0 Å². The number of hydrogen-bond acceptors (Lipinski definition) is 8. The lowest BCUT2D eigenvalue weighted by atomic mass is 10.0. The molecular weight excluding hydrogens is 554 g/mol. The van der Waals surface area contributed by atoms with Crippen LogP contribution >= 0.6 is 0 Å². The molecule has 224 valence electrons. The number of nitrogens with zero attached hydrogens (tertiary/aromatic N) is 7. The van der Waals surface area contributed by atoms with Crippen LogP contribution in [0.25, 0.3) is 34.1 Å². The van der Waals surface area contributed by atoms with Gasteiger partial charge in [-0.25, -0.2) is 19.6 Å². The lowest BCUT2D eigenvalue weighted by Gasteiger charge is -2.33. The summed E-state index contributed by atoms with van der Waals surface area (Å²) in [6.07, 6.45) is 8.86. The van der Waals surface area contributed by atoms with Gasteiger partial charge in [-0.1, -0.05) is 12.6 Å². The predicted molar refractivity (Wildman–Crippen MR) is 168 cm³/mol. The molecule has 1 amide bonds. The minimum Gasteiger partial charge on any atom is -0.383 e. The number of rotatable bonds is 8. The maximum absolute atomic E-state index is 12.0. The number of nitrogens with two attached hydrogens (primary N) is 1. The number of ether oxygens (including phenoxy) is 1. The molecule has 1 aliphatic carbocycles. The number of anilines is 1. The number of carbonyl (C=O) groups is 1. The molecule has 3 N–H and O–H groups in total. The van der Waals surface area contributed by atoms with Gasteiger partial charge in [0.15, 0.2) is 17.3 Å². The third-order valence-corrected chi connectivity index (χ3v) is 8.62. The normalized spacial score (nSPS) is 16.8. The molecule has 1 fully saturated rings. The van der Waals surface area contributed by atoms with E-state index >= 15 is 0 Å². The van der Waals surface area contributed by atoms with E-state index in [9.17, 15) is 4.79 Å². The first kappa shape index (κ1) is 27.9. The molecule has 11 heteroatoms. The molecule has 4 aromatic heterocycles. The summed E-state index contributed by atoms with van der Waals surface area (Å²) in [6, 6.07) is 16.9. The highest BCUT2D eigenvalue weighted by molar-refractivity contribution is 5.87. The van der Waals surface area contributed by atoms with Crippen LogP contribution in [0.15, 0.2) is 73.6 Å². The summed E-state index contributed by atoms with van der Waals surface area (Å²) < 4.78 is 9.06. The van der Waals surface area contributed by atoms with E-state index in [0.29, 0.717) is 35.8 Å². The molecule has 5 aromatic rings. The summed E-state index contributed by atoms with van der Waals surface area (Å²) >= 11 is 0. The van der Waals surface area contributed by atoms with Gasteiger partial charge in [-0.2, -0.15) is 5.10 Å². The number of aryl methyl sites for hydroxylation is 1. The van der Waals surface area contributed by atoms with Crippen molar-refractivity contribution in [3.63, 3.8) is 0 Å². The third-order valence-electron chi connectivity index (χ3n) is 8.62. The number of aromatic nitrogens is 6. The van der Waals surface area contributed by atoms with E-state index in [1.807, 2.05) is 41.4 Å². The molecule has 1 saturated heterocycles. The Kier molecular flexibility index (Phi) is 7.41. The number of nitrogens with one attached hydrogen (secondary N) is 1. The zero-order valence-corrected chi connectivity index (χ0v) is 24.7. The minimum atomic E-state index is 0.0173. The second-order valence-corrected chi connectivity index (χ2v) is 11.3. The van der Waals surface area contributed by atoms with Crippen LogP contribution in [-0.4, -0.2) is 66.3 Å². The van der Waals surface area contributed by atoms with Gasteiger partial charge in [-0.3, -0.25) is 9.36 Å². The number of carbonyl (C=O) groups excluding carboxylic acids is 1. The SMILES string of the molecule is C=CC(=O)N1CCC(N[C@H]2CCc3cc(-n4c(-c5cccnc5N)nc5ccc(-n6ccc(COC)n6)nc54)ccc32)CC1. The number of amides is 1. The average molecular weight is 590 g/mol. The van der Waals surface area contributed by atoms with Gasteiger partial charge in [0.2, 0.25) is 5.91 Å². The number of hydrogen-bond donors (Lipinski definition) is 2. The first-order chi connectivity index (χ1) is 21.5. The highest BCUT2D eigenvalue weighted by Crippen LogP contribution is 2.36. The Labute approximate surface area is 255 Å². The molecule has 44 heavy (non-hydrogen) atoms. The standard InChI is InChI=1S/C33H35N9O2/c1-3-30(43)40-16-12-22(13-17-40)36-27-9-6-21-19-24(7-8-25(21)27)42-32(26-5-4-15-35-31(26)34)37-28-10-11-29(38-33(28)42)41-18-14-23(39-41)20-44-2/h3-5,7-8,10-11,14-15,18-19,22,27,36H,1,6,9,12-13,16-17,20H2,2H3,(H2,34,35)/t27-/m0/s1. The monoisotopic (exact) mass is 589 g/mol. The Balaban J connectivity index is 1.23. The molecule has 11 nitrogen and oxygen atoms in total. The Hall–Kier alpha value is -4.87. The second kappa shape index (κ2) is 11.7. The molecule has 2 aliphatic rings. The molecule has 7 rings (SSSR count). The first-order valence-electron chi connectivity index (χ1n) is 15.0. The maximum Gasteiger partial charge on any atom is 0.245 e. The number of benzene rings is 1. The van der Waals surface area contributed by atoms with Crippen LogP contribution in [0, 0.1) is 0 Å². The van der Waals surface area contributed by atoms with Gasteiger partial charge >= 0.3 is 0 Å². The lowest BCUT2D eigenvalue weighted by Crippen LogP contribution is -2.45. The molecule has 1 atom stereocenters. The van der Waals surface area contributed by atoms with E-state index in [1.54, 1.807) is 18.0 Å². The van der Waals surface area contributed by atoms with E-state index in [2.05, 4.69) is 44.7 Å². The van der Waals surface area contributed by atoms with Crippen molar-refractivity contribution in [1.29, 1.82) is 0 Å². The van der Waals surface area contributed by atoms with Crippen LogP contribution < -0.4 is 11.1 Å². The number of nitrogen functional groups attached to an aromatic ring is 1. The quantitative estimate of drug-likeness (QED) is 0.258. The first-order valence-corrected chi connectivity index (χ1v) is 15.0. The minimum absolute atomic E-state index is 0.0173. The largest absolute Gasteiger partial charge is 0.383 e. The van der Waals surface area contributed by atoms with Crippen molar-refractivity contribution in [3.05, 3.63) is 90.4 Å². The molecule has 1 aromatic carbocycles. The highest BCUT2D eigenvalue weighted by atomic mass is 16.5. The predicted octanol–water partition coefficient (Wildman–Crippen LogP) is 4.15. The summed E-state index contributed by atoms with van der Waals surface area (Å²) in [6.45, 7) is 5.57. The van der Waals surface area contributed by atoms with E-state index in [-0.39, 0.29) is 11.9 Å². The maximum atomic E-state index is 12.0. The van der Waals surface area contributed by atoms with Crippen LogP contribution in [0.2, 0.25) is 0 Å². The van der Waals surface area contributed by atoms with Crippen molar-refractivity contribution in [2.24, 2.45) is 0 Å². The van der Waals surface area contributed by atoms with E-state index in [1.165, 1.54) is 17.2 Å². The van der Waals surface area contributed by atoms with Gasteiger partial charge in [0.1, 0.15) is 11.3 Å². The fourth-order valence-electron chi connectivity index (χ4n) is 6.42. The third kappa shape index (κ3) is 5.14. The Bertz CT molecular complexity index is 1850. The molecule has 0 spiro atoms. The highest BCUT2D eigenvalue weighted by Gasteiger charge is 2.29. The second-order valence-electron chi connectivity index (χ2n) is 11.3. The summed E-state index contributed by atoms with van der Waals surface area (Å²) in [5.41, 5.74) is 13.0. The van der Waals surface area contributed by atoms with E-state index in [4.69, 9.17) is 20.4 Å². The van der Waals surface area contributed by atoms with Crippen molar-refractivity contribution in [3.8, 4) is 22.9 Å². The Morgan fingerprint density at radius 2 is 2.00 bits per heavy atom. The van der Waals surface area contributed by atoms with Crippen LogP contribution in [0.4, 0.5) is 5.82 Å². The number of pyridine rings is 2. The summed E-state index contributed by atoms with van der Waals surface area (Å²) in [7, 11) is 1.65. The molecule has 5 heterocycles. The number of imidazole rings is 1. The van der Waals surface area contributed by atoms with Gasteiger partial charge in [-0.05, 0) is 85.4 Å². The van der Waals surface area contributed by atoms with E-state index < -0.39 is 0 Å². The lowest BCUT2D eigenvalue weighted by molar-refractivity contribution is -0.127. The molecule has 1 aliphatic heterocycles. The van der Waals surface area contributed by atoms with Gasteiger partial charge in [0.05, 0.1) is 17.9 Å². The van der Waals surface area contributed by atoms with Crippen LogP contribution in [0.3, 0.4) is 0 Å². The molecular formula is C33H35N9O2. The Morgan fingerprint density at radius 3 is 2.80 bits per heavy atom. The summed E-state index contributed by atoms with van der Waals surface area (Å²) in [5, 5.41) is 8.50. The fraction of sp³-hybridized carbons (Fsp3) is 0.303. The van der Waals surface area contributed by atoms with Crippen molar-refractivity contribution in [2.75, 3.05) is 25.9 Å². The number of likely N-dealkylation sites (tertiary alicyclic amines) is 1. The van der Waals surface area contributed by atoms with Gasteiger partial charge < -0.3 is 20.7 Å². The van der Waals surface area contributed by atoms with Gasteiger partial charge in [0.25, 0.3) is 0 Å². The number of piperidine rings is 1. The molecule has 0 radical (unpaired) electrons. The summed E-state index contributed by atoms with van der Waals surface area (Å²) in [4.78, 5) is 28.2. The Morgan fingerprint density at radius 1 is 1.14 bits per heavy atom. The topological polar surface area (TPSA) is 129 Å². The zero-order valence-electron chi connectivity index (χ0n) is 24.7. The van der Waals surface area contributed by atoms with Crippen LogP contribution in [0.5, 0.6) is 0 Å². The van der Waals surface area contributed by atoms with E-state index in [0.717, 1.165) is 61.2 Å². The summed E-state index contributed by atoms with van der Waals surface area (Å²) in [5.74, 6) is 1.79. The van der Waals surface area contributed by atoms with Crippen molar-refractivity contribution in [1.82, 2.24) is 39.5 Å². The molecule has 0 unspecified atom stereocenters. The van der Waals surface area contributed by atoms with Crippen LogP contribution in [-0.2, 0) is 22.6 Å². The zero-order chi connectivity index (χ0) is 30.2. The smallest absolute Gasteiger partial charge is 0.245 e. The van der Waals surface area contributed by atoms with Crippen molar-refractivity contribution >= 4 is 22.9 Å². The van der Waals surface area contributed by atoms with Crippen molar-refractivity contribution < 1.29 is 9.53 Å². The fourth-order valence-corrected chi connectivity index (χ4v) is 6.42. The van der Waals surface area contributed by atoms with Crippen molar-refractivity contribution in [2.45, 2.75) is 44.4 Å². The van der Waals surface area contributed by atoms with Crippen LogP contribution in [0.1, 0.15) is 42.1 Å². The average Bonchev–Trinajstić information content (AvgIpc) is 3.78.